The lowest BCUT2D eigenvalue weighted by Crippen LogP contribution is -2.20. The Bertz CT molecular complexity index is 728. The molecule has 2 aromatic rings. The van der Waals surface area contributed by atoms with Crippen LogP contribution >= 0.6 is 23.2 Å². The lowest BCUT2D eigenvalue weighted by Gasteiger charge is -2.13. The van der Waals surface area contributed by atoms with Crippen molar-refractivity contribution in [3.8, 4) is 0 Å². The topological polar surface area (TPSA) is 58.2 Å². The molecule has 21 heavy (non-hydrogen) atoms. The van der Waals surface area contributed by atoms with Crippen LogP contribution in [0.5, 0.6) is 0 Å². The van der Waals surface area contributed by atoms with Gasteiger partial charge >= 0.3 is 0 Å². The van der Waals surface area contributed by atoms with Crippen molar-refractivity contribution < 1.29 is 8.42 Å². The summed E-state index contributed by atoms with van der Waals surface area (Å²) in [7, 11) is -2.16. The molecule has 0 saturated heterocycles. The second-order valence-electron chi connectivity index (χ2n) is 4.26. The summed E-state index contributed by atoms with van der Waals surface area (Å²) in [6.07, 6.45) is 0. The largest absolute Gasteiger partial charge is 0.380 e. The SMILES string of the molecule is CNS(=O)(=O)c1ccccc1NCc1c(Cl)cccc1Cl. The highest BCUT2D eigenvalue weighted by Gasteiger charge is 2.16. The average molecular weight is 345 g/mol. The smallest absolute Gasteiger partial charge is 0.242 e. The Morgan fingerprint density at radius 3 is 2.24 bits per heavy atom. The third kappa shape index (κ3) is 3.68. The number of anilines is 1. The van der Waals surface area contributed by atoms with Crippen LogP contribution < -0.4 is 10.0 Å². The summed E-state index contributed by atoms with van der Waals surface area (Å²) in [6.45, 7) is 0.328. The molecule has 4 nitrogen and oxygen atoms in total. The zero-order valence-electron chi connectivity index (χ0n) is 11.2. The molecule has 0 radical (unpaired) electrons. The number of sulfonamides is 1. The summed E-state index contributed by atoms with van der Waals surface area (Å²) < 4.78 is 26.2. The summed E-state index contributed by atoms with van der Waals surface area (Å²) >= 11 is 12.2. The second kappa shape index (κ2) is 6.66. The van der Waals surface area contributed by atoms with Crippen molar-refractivity contribution in [1.29, 1.82) is 0 Å². The Kier molecular flexibility index (Phi) is 5.11. The number of rotatable bonds is 5. The van der Waals surface area contributed by atoms with Crippen molar-refractivity contribution in [2.24, 2.45) is 0 Å². The standard InChI is InChI=1S/C14H14Cl2N2O2S/c1-17-21(19,20)14-8-3-2-7-13(14)18-9-10-11(15)5-4-6-12(10)16/h2-8,17-18H,9H2,1H3. The van der Waals surface area contributed by atoms with Gasteiger partial charge in [0.05, 0.1) is 5.69 Å². The number of halogens is 2. The summed E-state index contributed by atoms with van der Waals surface area (Å²) in [6, 6.07) is 11.9. The lowest BCUT2D eigenvalue weighted by molar-refractivity contribution is 0.588. The van der Waals surface area contributed by atoms with Crippen LogP contribution in [0.15, 0.2) is 47.4 Å². The van der Waals surface area contributed by atoms with Crippen molar-refractivity contribution >= 4 is 38.9 Å². The van der Waals surface area contributed by atoms with Gasteiger partial charge in [0.15, 0.2) is 0 Å². The van der Waals surface area contributed by atoms with E-state index < -0.39 is 10.0 Å². The van der Waals surface area contributed by atoms with Crippen molar-refractivity contribution in [1.82, 2.24) is 4.72 Å². The van der Waals surface area contributed by atoms with E-state index in [-0.39, 0.29) is 4.90 Å². The van der Waals surface area contributed by atoms with Gasteiger partial charge in [-0.15, -0.1) is 0 Å². The van der Waals surface area contributed by atoms with Gasteiger partial charge in [0, 0.05) is 22.2 Å². The van der Waals surface area contributed by atoms with Crippen molar-refractivity contribution in [2.45, 2.75) is 11.4 Å². The van der Waals surface area contributed by atoms with Gasteiger partial charge in [-0.2, -0.15) is 0 Å². The Morgan fingerprint density at radius 2 is 1.62 bits per heavy atom. The highest BCUT2D eigenvalue weighted by molar-refractivity contribution is 7.89. The van der Waals surface area contributed by atoms with Crippen LogP contribution in [0.3, 0.4) is 0 Å². The van der Waals surface area contributed by atoms with E-state index in [2.05, 4.69) is 10.0 Å². The zero-order valence-corrected chi connectivity index (χ0v) is 13.6. The van der Waals surface area contributed by atoms with E-state index in [0.29, 0.717) is 22.3 Å². The number of hydrogen-bond donors (Lipinski definition) is 2. The van der Waals surface area contributed by atoms with E-state index in [4.69, 9.17) is 23.2 Å². The highest BCUT2D eigenvalue weighted by Crippen LogP contribution is 2.27. The van der Waals surface area contributed by atoms with E-state index in [1.807, 2.05) is 0 Å². The molecular weight excluding hydrogens is 331 g/mol. The van der Waals surface area contributed by atoms with Gasteiger partial charge in [0.25, 0.3) is 0 Å². The highest BCUT2D eigenvalue weighted by atomic mass is 35.5. The van der Waals surface area contributed by atoms with Crippen molar-refractivity contribution in [3.63, 3.8) is 0 Å². The molecule has 0 heterocycles. The van der Waals surface area contributed by atoms with E-state index in [0.717, 1.165) is 5.56 Å². The summed E-state index contributed by atoms with van der Waals surface area (Å²) in [5.41, 5.74) is 1.21. The molecule has 2 N–H and O–H groups in total. The first-order chi connectivity index (χ1) is 9.95. The molecule has 2 rings (SSSR count). The molecule has 0 aliphatic rings. The Morgan fingerprint density at radius 1 is 1.00 bits per heavy atom. The van der Waals surface area contributed by atoms with Crippen LogP contribution in [-0.4, -0.2) is 15.5 Å². The molecule has 0 saturated carbocycles. The molecule has 0 spiro atoms. The first-order valence-corrected chi connectivity index (χ1v) is 8.39. The number of nitrogens with one attached hydrogen (secondary N) is 2. The number of para-hydroxylation sites is 1. The van der Waals surface area contributed by atoms with Crippen LogP contribution in [0.4, 0.5) is 5.69 Å². The van der Waals surface area contributed by atoms with Crippen molar-refractivity contribution in [3.05, 3.63) is 58.1 Å². The van der Waals surface area contributed by atoms with Gasteiger partial charge in [-0.1, -0.05) is 41.4 Å². The van der Waals surface area contributed by atoms with Gasteiger partial charge in [-0.25, -0.2) is 13.1 Å². The third-order valence-electron chi connectivity index (χ3n) is 2.96. The number of hydrogen-bond acceptors (Lipinski definition) is 3. The monoisotopic (exact) mass is 344 g/mol. The fourth-order valence-corrected chi connectivity index (χ4v) is 3.28. The van der Waals surface area contributed by atoms with Crippen LogP contribution in [0.1, 0.15) is 5.56 Å². The van der Waals surface area contributed by atoms with Gasteiger partial charge < -0.3 is 5.32 Å². The first-order valence-electron chi connectivity index (χ1n) is 6.15. The van der Waals surface area contributed by atoms with Crippen molar-refractivity contribution in [2.75, 3.05) is 12.4 Å². The summed E-state index contributed by atoms with van der Waals surface area (Å²) in [5, 5.41) is 4.13. The predicted octanol–water partition coefficient (Wildman–Crippen LogP) is 3.51. The average Bonchev–Trinajstić information content (AvgIpc) is 2.47. The normalized spacial score (nSPS) is 11.4. The zero-order chi connectivity index (χ0) is 15.5. The first kappa shape index (κ1) is 16.1. The fraction of sp³-hybridized carbons (Fsp3) is 0.143. The third-order valence-corrected chi connectivity index (χ3v) is 5.14. The molecule has 0 atom stereocenters. The quantitative estimate of drug-likeness (QED) is 0.872. The number of benzene rings is 2. The maximum Gasteiger partial charge on any atom is 0.242 e. The molecule has 0 aliphatic heterocycles. The minimum absolute atomic E-state index is 0.177. The van der Waals surface area contributed by atoms with Crippen LogP contribution in [0.2, 0.25) is 10.0 Å². The molecular formula is C14H14Cl2N2O2S. The molecule has 2 aromatic carbocycles. The Labute approximate surface area is 134 Å². The molecule has 0 unspecified atom stereocenters. The van der Waals surface area contributed by atoms with Crippen LogP contribution in [-0.2, 0) is 16.6 Å². The molecule has 0 bridgehead atoms. The van der Waals surface area contributed by atoms with Gasteiger partial charge in [-0.05, 0) is 31.3 Å². The molecule has 0 aromatic heterocycles. The molecule has 0 aliphatic carbocycles. The lowest BCUT2D eigenvalue weighted by atomic mass is 10.2. The van der Waals surface area contributed by atoms with Gasteiger partial charge in [0.1, 0.15) is 4.90 Å². The van der Waals surface area contributed by atoms with E-state index in [1.165, 1.54) is 13.1 Å². The van der Waals surface area contributed by atoms with Gasteiger partial charge in [0.2, 0.25) is 10.0 Å². The minimum Gasteiger partial charge on any atom is -0.380 e. The maximum absolute atomic E-state index is 12.0. The Hall–Kier alpha value is -1.27. The van der Waals surface area contributed by atoms with Crippen LogP contribution in [0, 0.1) is 0 Å². The minimum atomic E-state index is -3.53. The molecule has 7 heteroatoms. The summed E-state index contributed by atoms with van der Waals surface area (Å²) in [4.78, 5) is 0.177. The molecule has 0 amide bonds. The van der Waals surface area contributed by atoms with Gasteiger partial charge in [-0.3, -0.25) is 0 Å². The van der Waals surface area contributed by atoms with E-state index >= 15 is 0 Å². The van der Waals surface area contributed by atoms with E-state index in [9.17, 15) is 8.42 Å². The summed E-state index contributed by atoms with van der Waals surface area (Å²) in [5.74, 6) is 0. The Balaban J connectivity index is 2.30. The van der Waals surface area contributed by atoms with Crippen LogP contribution in [0.25, 0.3) is 0 Å². The fourth-order valence-electron chi connectivity index (χ4n) is 1.84. The maximum atomic E-state index is 12.0. The molecule has 0 fully saturated rings. The van der Waals surface area contributed by atoms with E-state index in [1.54, 1.807) is 36.4 Å². The second-order valence-corrected chi connectivity index (χ2v) is 6.93. The predicted molar refractivity (Wildman–Crippen MR) is 86.5 cm³/mol. The molecule has 112 valence electrons.